The highest BCUT2D eigenvalue weighted by molar-refractivity contribution is 5.96. The van der Waals surface area contributed by atoms with E-state index >= 15 is 0 Å². The topological polar surface area (TPSA) is 114 Å². The molecule has 1 aliphatic carbocycles. The van der Waals surface area contributed by atoms with Gasteiger partial charge in [-0.25, -0.2) is 18.8 Å². The molecule has 0 spiro atoms. The predicted octanol–water partition coefficient (Wildman–Crippen LogP) is 4.00. The van der Waals surface area contributed by atoms with E-state index in [2.05, 4.69) is 4.98 Å². The number of halogens is 2. The van der Waals surface area contributed by atoms with Crippen LogP contribution in [0.2, 0.25) is 0 Å². The Hall–Kier alpha value is -3.84. The number of nitrogens with zero attached hydrogens (tertiary/aromatic N) is 4. The average molecular weight is 494 g/mol. The summed E-state index contributed by atoms with van der Waals surface area (Å²) in [5.41, 5.74) is 6.91. The summed E-state index contributed by atoms with van der Waals surface area (Å²) in [6.45, 7) is 0.974. The first-order chi connectivity index (χ1) is 17.3. The Balaban J connectivity index is 1.23. The fraction of sp³-hybridized carbons (Fsp3) is 0.385. The van der Waals surface area contributed by atoms with E-state index in [1.807, 2.05) is 10.6 Å². The summed E-state index contributed by atoms with van der Waals surface area (Å²) >= 11 is 0. The van der Waals surface area contributed by atoms with E-state index < -0.39 is 23.6 Å². The predicted molar refractivity (Wildman–Crippen MR) is 125 cm³/mol. The summed E-state index contributed by atoms with van der Waals surface area (Å²) in [7, 11) is 0. The molecule has 2 aromatic carbocycles. The van der Waals surface area contributed by atoms with Gasteiger partial charge < -0.3 is 10.3 Å². The molecule has 36 heavy (non-hydrogen) atoms. The van der Waals surface area contributed by atoms with E-state index in [4.69, 9.17) is 15.8 Å². The Kier molecular flexibility index (Phi) is 6.41. The van der Waals surface area contributed by atoms with Crippen LogP contribution in [0.3, 0.4) is 0 Å². The Morgan fingerprint density at radius 3 is 2.61 bits per heavy atom. The monoisotopic (exact) mass is 493 g/mol. The number of carbonyl (C=O) groups is 2. The highest BCUT2D eigenvalue weighted by atomic mass is 19.1. The molecule has 0 unspecified atom stereocenters. The van der Waals surface area contributed by atoms with E-state index in [0.717, 1.165) is 12.8 Å². The molecule has 0 bridgehead atoms. The first-order valence-corrected chi connectivity index (χ1v) is 11.9. The van der Waals surface area contributed by atoms with Gasteiger partial charge in [-0.1, -0.05) is 0 Å². The van der Waals surface area contributed by atoms with Crippen molar-refractivity contribution in [2.45, 2.75) is 44.7 Å². The van der Waals surface area contributed by atoms with Gasteiger partial charge in [0.2, 0.25) is 5.91 Å². The van der Waals surface area contributed by atoms with E-state index in [9.17, 15) is 18.4 Å². The Labute approximate surface area is 206 Å². The minimum Gasteiger partial charge on any atom is -0.366 e. The van der Waals surface area contributed by atoms with Crippen molar-refractivity contribution in [3.8, 4) is 6.07 Å². The van der Waals surface area contributed by atoms with Gasteiger partial charge >= 0.3 is 0 Å². The van der Waals surface area contributed by atoms with E-state index in [-0.39, 0.29) is 28.9 Å². The molecule has 1 saturated carbocycles. The molecule has 2 N–H and O–H groups in total. The fourth-order valence-corrected chi connectivity index (χ4v) is 5.32. The van der Waals surface area contributed by atoms with Crippen LogP contribution in [0.4, 0.5) is 8.78 Å². The van der Waals surface area contributed by atoms with E-state index in [1.165, 1.54) is 29.3 Å². The largest absolute Gasteiger partial charge is 0.366 e. The van der Waals surface area contributed by atoms with Crippen LogP contribution in [-0.2, 0) is 16.2 Å². The molecule has 1 aliphatic heterocycles. The number of benzene rings is 2. The van der Waals surface area contributed by atoms with Crippen LogP contribution in [0.15, 0.2) is 36.7 Å². The second-order valence-corrected chi connectivity index (χ2v) is 9.49. The summed E-state index contributed by atoms with van der Waals surface area (Å²) in [5, 5.41) is 10.5. The molecule has 2 fully saturated rings. The van der Waals surface area contributed by atoms with Crippen molar-refractivity contribution in [1.29, 1.82) is 5.26 Å². The lowest BCUT2D eigenvalue weighted by Crippen LogP contribution is -2.37. The third-order valence-electron chi connectivity index (χ3n) is 7.18. The van der Waals surface area contributed by atoms with Gasteiger partial charge in [0, 0.05) is 24.9 Å². The van der Waals surface area contributed by atoms with E-state index in [0.29, 0.717) is 49.0 Å². The Morgan fingerprint density at radius 1 is 1.11 bits per heavy atom. The number of nitriles is 1. The molecule has 3 aromatic rings. The lowest BCUT2D eigenvalue weighted by molar-refractivity contribution is -0.183. The maximum Gasteiger partial charge on any atom is 0.251 e. The van der Waals surface area contributed by atoms with E-state index in [1.54, 1.807) is 12.4 Å². The smallest absolute Gasteiger partial charge is 0.251 e. The lowest BCUT2D eigenvalue weighted by Gasteiger charge is -2.32. The summed E-state index contributed by atoms with van der Waals surface area (Å²) < 4.78 is 30.1. The number of nitrogens with two attached hydrogens (primary N) is 1. The van der Waals surface area contributed by atoms with Crippen LogP contribution in [0.25, 0.3) is 11.0 Å². The number of hydroxylamine groups is 2. The molecule has 0 radical (unpaired) electrons. The van der Waals surface area contributed by atoms with Gasteiger partial charge in [-0.3, -0.25) is 14.4 Å². The van der Waals surface area contributed by atoms with Gasteiger partial charge in [-0.05, 0) is 61.4 Å². The zero-order valence-corrected chi connectivity index (χ0v) is 19.5. The molecular formula is C26H25F2N5O3. The molecule has 2 amide bonds. The summed E-state index contributed by atoms with van der Waals surface area (Å²) in [6, 6.07) is 8.30. The zero-order chi connectivity index (χ0) is 25.4. The second-order valence-electron chi connectivity index (χ2n) is 9.49. The number of carbonyl (C=O) groups excluding carboxylic acids is 2. The standard InChI is InChI=1S/C26H25F2N5O3/c27-19-8-16(12-29)7-18(9-19)23-5-6-36-33(23)26(35)17-3-1-15(2-4-17)13-32-14-31-22-10-20(25(30)34)21(28)11-24(22)32/h7-11,14-15,17,23H,1-6,13H2,(H2,30,34)/t15-,17-,23-/m0/s1. The van der Waals surface area contributed by atoms with Crippen molar-refractivity contribution < 1.29 is 23.2 Å². The van der Waals surface area contributed by atoms with Gasteiger partial charge in [-0.15, -0.1) is 0 Å². The number of rotatable bonds is 5. The van der Waals surface area contributed by atoms with Crippen LogP contribution >= 0.6 is 0 Å². The molecule has 186 valence electrons. The number of hydrogen-bond acceptors (Lipinski definition) is 5. The zero-order valence-electron chi connectivity index (χ0n) is 19.5. The van der Waals surface area contributed by atoms with Gasteiger partial charge in [0.25, 0.3) is 5.91 Å². The third kappa shape index (κ3) is 4.54. The van der Waals surface area contributed by atoms with Crippen molar-refractivity contribution in [3.05, 3.63) is 65.0 Å². The number of hydrogen-bond donors (Lipinski definition) is 1. The van der Waals surface area contributed by atoms with Gasteiger partial charge in [-0.2, -0.15) is 5.26 Å². The second kappa shape index (κ2) is 9.66. The molecule has 2 heterocycles. The summed E-state index contributed by atoms with van der Waals surface area (Å²) in [4.78, 5) is 34.6. The quantitative estimate of drug-likeness (QED) is 0.577. The van der Waals surface area contributed by atoms with Crippen LogP contribution in [0, 0.1) is 34.8 Å². The Bertz CT molecular complexity index is 1370. The van der Waals surface area contributed by atoms with Crippen LogP contribution in [0.1, 0.15) is 59.6 Å². The van der Waals surface area contributed by atoms with Crippen molar-refractivity contribution in [1.82, 2.24) is 14.6 Å². The number of fused-ring (bicyclic) bond motifs is 1. The minimum absolute atomic E-state index is 0.118. The molecule has 10 heteroatoms. The minimum atomic E-state index is -0.834. The highest BCUT2D eigenvalue weighted by Crippen LogP contribution is 2.37. The van der Waals surface area contributed by atoms with Crippen LogP contribution in [0.5, 0.6) is 0 Å². The highest BCUT2D eigenvalue weighted by Gasteiger charge is 2.37. The lowest BCUT2D eigenvalue weighted by atomic mass is 9.81. The van der Waals surface area contributed by atoms with Crippen molar-refractivity contribution >= 4 is 22.8 Å². The van der Waals surface area contributed by atoms with Crippen molar-refractivity contribution in [3.63, 3.8) is 0 Å². The number of imidazole rings is 1. The van der Waals surface area contributed by atoms with Crippen LogP contribution < -0.4 is 5.73 Å². The molecule has 1 saturated heterocycles. The third-order valence-corrected chi connectivity index (χ3v) is 7.18. The first-order valence-electron chi connectivity index (χ1n) is 11.9. The molecule has 1 aromatic heterocycles. The normalized spacial score (nSPS) is 22.0. The molecule has 2 aliphatic rings. The number of aromatic nitrogens is 2. The number of primary amides is 1. The Morgan fingerprint density at radius 2 is 1.89 bits per heavy atom. The van der Waals surface area contributed by atoms with Gasteiger partial charge in [0.1, 0.15) is 11.6 Å². The number of amides is 2. The molecule has 1 atom stereocenters. The molecule has 8 nitrogen and oxygen atoms in total. The van der Waals surface area contributed by atoms with Crippen molar-refractivity contribution in [2.75, 3.05) is 6.61 Å². The first kappa shape index (κ1) is 23.9. The average Bonchev–Trinajstić information content (AvgIpc) is 3.50. The summed E-state index contributed by atoms with van der Waals surface area (Å²) in [5.74, 6) is -2.07. The maximum absolute atomic E-state index is 14.3. The van der Waals surface area contributed by atoms with Gasteiger partial charge in [0.15, 0.2) is 0 Å². The fourth-order valence-electron chi connectivity index (χ4n) is 5.32. The van der Waals surface area contributed by atoms with Crippen LogP contribution in [-0.4, -0.2) is 33.0 Å². The maximum atomic E-state index is 14.3. The molecule has 5 rings (SSSR count). The van der Waals surface area contributed by atoms with Crippen molar-refractivity contribution in [2.24, 2.45) is 17.6 Å². The van der Waals surface area contributed by atoms with Gasteiger partial charge in [0.05, 0.1) is 47.2 Å². The summed E-state index contributed by atoms with van der Waals surface area (Å²) in [6.07, 6.45) is 5.12. The molecular weight excluding hydrogens is 468 g/mol. The SMILES string of the molecule is N#Cc1cc(F)cc([C@@H]2CCON2C(=O)[C@H]2CC[C@H](Cn3cnc4cc(C(N)=O)c(F)cc43)CC2)c1.